The van der Waals surface area contributed by atoms with Gasteiger partial charge in [-0.2, -0.15) is 0 Å². The van der Waals surface area contributed by atoms with Crippen LogP contribution >= 0.6 is 0 Å². The van der Waals surface area contributed by atoms with Gasteiger partial charge in [0.25, 0.3) is 11.8 Å². The lowest BCUT2D eigenvalue weighted by Gasteiger charge is -2.19. The Morgan fingerprint density at radius 2 is 1.78 bits per heavy atom. The third kappa shape index (κ3) is 2.72. The highest BCUT2D eigenvalue weighted by atomic mass is 16.2. The second kappa shape index (κ2) is 6.98. The third-order valence-electron chi connectivity index (χ3n) is 6.41. The number of rotatable bonds is 3. The van der Waals surface area contributed by atoms with E-state index in [0.717, 1.165) is 34.2 Å². The summed E-state index contributed by atoms with van der Waals surface area (Å²) in [7, 11) is 1.51. The van der Waals surface area contributed by atoms with Crippen LogP contribution in [0.5, 0.6) is 0 Å². The van der Waals surface area contributed by atoms with Gasteiger partial charge in [0.2, 0.25) is 0 Å². The van der Waals surface area contributed by atoms with E-state index >= 15 is 0 Å². The van der Waals surface area contributed by atoms with E-state index in [1.807, 2.05) is 47.3 Å². The highest BCUT2D eigenvalue weighted by Crippen LogP contribution is 2.39. The summed E-state index contributed by atoms with van der Waals surface area (Å²) in [4.78, 5) is 31.4. The highest BCUT2D eigenvalue weighted by molar-refractivity contribution is 6.49. The number of pyridine rings is 1. The average molecular weight is 424 g/mol. The number of carbonyl (C=O) groups excluding carboxylic acids is 2. The molecule has 3 aromatic heterocycles. The second-order valence-electron chi connectivity index (χ2n) is 8.26. The van der Waals surface area contributed by atoms with Crippen molar-refractivity contribution >= 4 is 33.9 Å². The average Bonchev–Trinajstić information content (AvgIpc) is 3.49. The molecular weight excluding hydrogens is 404 g/mol. The van der Waals surface area contributed by atoms with Gasteiger partial charge in [-0.25, -0.2) is 4.68 Å². The van der Waals surface area contributed by atoms with Crippen molar-refractivity contribution in [1.29, 1.82) is 0 Å². The Balaban J connectivity index is 1.53. The fourth-order valence-corrected chi connectivity index (χ4v) is 4.71. The zero-order valence-corrected chi connectivity index (χ0v) is 17.5. The minimum atomic E-state index is -0.345. The van der Waals surface area contributed by atoms with E-state index in [2.05, 4.69) is 19.9 Å². The van der Waals surface area contributed by atoms with Gasteiger partial charge in [-0.05, 0) is 36.6 Å². The molecule has 0 fully saturated rings. The summed E-state index contributed by atoms with van der Waals surface area (Å²) < 4.78 is 3.99. The van der Waals surface area contributed by atoms with Crippen LogP contribution in [0.25, 0.3) is 22.0 Å². The smallest absolute Gasteiger partial charge is 0.263 e. The number of likely N-dealkylation sites (N-methyl/N-ethyl adjacent to an activating group) is 1. The first-order chi connectivity index (χ1) is 15.6. The number of para-hydroxylation sites is 1. The number of nitrogens with zero attached hydrogens (tertiary/aromatic N) is 6. The topological polar surface area (TPSA) is 85.9 Å². The molecule has 158 valence electrons. The summed E-state index contributed by atoms with van der Waals surface area (Å²) >= 11 is 0. The van der Waals surface area contributed by atoms with Crippen LogP contribution in [-0.4, -0.2) is 48.3 Å². The van der Waals surface area contributed by atoms with Crippen LogP contribution < -0.4 is 0 Å². The summed E-state index contributed by atoms with van der Waals surface area (Å²) in [5.41, 5.74) is 4.16. The number of carbonyl (C=O) groups is 2. The molecule has 0 spiro atoms. The van der Waals surface area contributed by atoms with Gasteiger partial charge in [0.1, 0.15) is 5.69 Å². The molecule has 2 aliphatic rings. The molecule has 1 atom stereocenters. The molecule has 4 bridgehead atoms. The van der Waals surface area contributed by atoms with Gasteiger partial charge in [0.05, 0.1) is 23.4 Å². The van der Waals surface area contributed by atoms with Crippen LogP contribution in [0, 0.1) is 0 Å². The Morgan fingerprint density at radius 1 is 1.00 bits per heavy atom. The molecule has 8 heteroatoms. The number of amides is 2. The maximum atomic E-state index is 13.1. The Morgan fingerprint density at radius 3 is 2.62 bits per heavy atom. The summed E-state index contributed by atoms with van der Waals surface area (Å²) in [6.45, 7) is 0.676. The predicted octanol–water partition coefficient (Wildman–Crippen LogP) is 2.72. The Bertz CT molecular complexity index is 1410. The van der Waals surface area contributed by atoms with E-state index in [1.54, 1.807) is 18.6 Å². The number of hydrogen-bond acceptors (Lipinski definition) is 5. The molecule has 0 saturated carbocycles. The van der Waals surface area contributed by atoms with Gasteiger partial charge in [-0.3, -0.25) is 19.5 Å². The molecule has 5 heterocycles. The van der Waals surface area contributed by atoms with Crippen molar-refractivity contribution in [3.8, 4) is 0 Å². The maximum absolute atomic E-state index is 13.1. The summed E-state index contributed by atoms with van der Waals surface area (Å²) in [5.74, 6) is -0.653. The van der Waals surface area contributed by atoms with Crippen LogP contribution in [0.2, 0.25) is 0 Å². The van der Waals surface area contributed by atoms with Crippen molar-refractivity contribution in [2.45, 2.75) is 25.4 Å². The number of aromatic nitrogens is 5. The molecule has 0 aliphatic carbocycles. The molecule has 4 aromatic rings. The van der Waals surface area contributed by atoms with Gasteiger partial charge in [-0.15, -0.1) is 5.10 Å². The molecule has 1 aromatic carbocycles. The molecule has 2 aliphatic heterocycles. The Hall–Kier alpha value is -4.07. The Labute approximate surface area is 183 Å². The largest absolute Gasteiger partial charge is 0.345 e. The third-order valence-corrected chi connectivity index (χ3v) is 6.41. The molecular formula is C24H20N6O2. The number of imide groups is 1. The molecule has 8 nitrogen and oxygen atoms in total. The van der Waals surface area contributed by atoms with Crippen molar-refractivity contribution in [1.82, 2.24) is 29.4 Å². The van der Waals surface area contributed by atoms with Crippen LogP contribution in [0.3, 0.4) is 0 Å². The summed E-state index contributed by atoms with van der Waals surface area (Å²) in [5, 5.41) is 9.63. The molecule has 0 N–H and O–H groups in total. The first kappa shape index (κ1) is 18.7. The van der Waals surface area contributed by atoms with Crippen molar-refractivity contribution < 1.29 is 9.59 Å². The van der Waals surface area contributed by atoms with E-state index in [0.29, 0.717) is 23.4 Å². The molecule has 2 amide bonds. The second-order valence-corrected chi connectivity index (χ2v) is 8.26. The van der Waals surface area contributed by atoms with Crippen molar-refractivity contribution in [3.05, 3.63) is 78.0 Å². The molecule has 6 rings (SSSR count). The van der Waals surface area contributed by atoms with Crippen LogP contribution in [0.1, 0.15) is 29.3 Å². The van der Waals surface area contributed by atoms with E-state index in [9.17, 15) is 9.59 Å². The van der Waals surface area contributed by atoms with Crippen molar-refractivity contribution in [2.75, 3.05) is 7.05 Å². The van der Waals surface area contributed by atoms with Gasteiger partial charge < -0.3 is 4.57 Å². The van der Waals surface area contributed by atoms with E-state index in [-0.39, 0.29) is 17.9 Å². The fourth-order valence-electron chi connectivity index (χ4n) is 4.71. The lowest BCUT2D eigenvalue weighted by atomic mass is 9.99. The van der Waals surface area contributed by atoms with Gasteiger partial charge in [0, 0.05) is 48.6 Å². The van der Waals surface area contributed by atoms with E-state index in [1.165, 1.54) is 12.6 Å². The fraction of sp³-hybridized carbons (Fsp3) is 0.208. The van der Waals surface area contributed by atoms with E-state index in [4.69, 9.17) is 0 Å². The number of benzene rings is 1. The summed E-state index contributed by atoms with van der Waals surface area (Å²) in [6.07, 6.45) is 9.10. The highest BCUT2D eigenvalue weighted by Gasteiger charge is 2.40. The van der Waals surface area contributed by atoms with Gasteiger partial charge in [-0.1, -0.05) is 23.4 Å². The predicted molar refractivity (Wildman–Crippen MR) is 118 cm³/mol. The number of hydrogen-bond donors (Lipinski definition) is 0. The number of aryl methyl sites for hydroxylation is 1. The first-order valence-electron chi connectivity index (χ1n) is 10.6. The zero-order chi connectivity index (χ0) is 21.8. The minimum absolute atomic E-state index is 0.0279. The SMILES string of the molecule is CN1C(=O)C2=C(C1=O)c1cn(c3ccccc13)CC(CCc1ccncc1)n1cc2nn1. The molecule has 0 radical (unpaired) electrons. The van der Waals surface area contributed by atoms with E-state index < -0.39 is 0 Å². The van der Waals surface area contributed by atoms with Crippen molar-refractivity contribution in [2.24, 2.45) is 0 Å². The molecule has 0 saturated heterocycles. The monoisotopic (exact) mass is 424 g/mol. The van der Waals surface area contributed by atoms with Crippen LogP contribution in [0.4, 0.5) is 0 Å². The maximum Gasteiger partial charge on any atom is 0.263 e. The quantitative estimate of drug-likeness (QED) is 0.472. The minimum Gasteiger partial charge on any atom is -0.345 e. The summed E-state index contributed by atoms with van der Waals surface area (Å²) in [6, 6.07) is 12.1. The lowest BCUT2D eigenvalue weighted by Crippen LogP contribution is -2.26. The van der Waals surface area contributed by atoms with Crippen LogP contribution in [0.15, 0.2) is 61.2 Å². The standard InChI is InChI=1S/C24H20N6O2/c1-28-23(31)21-18-13-29(20-5-3-2-4-17(18)20)12-16(7-6-15-8-10-25-11-9-15)30-14-19(26-27-30)22(21)24(28)32/h2-5,8-11,13-14,16H,6-7,12H2,1H3. The van der Waals surface area contributed by atoms with Gasteiger partial charge in [0.15, 0.2) is 0 Å². The lowest BCUT2D eigenvalue weighted by molar-refractivity contribution is -0.134. The Kier molecular flexibility index (Phi) is 4.07. The van der Waals surface area contributed by atoms with Gasteiger partial charge >= 0.3 is 0 Å². The van der Waals surface area contributed by atoms with Crippen LogP contribution in [-0.2, 0) is 22.6 Å². The molecule has 32 heavy (non-hydrogen) atoms. The zero-order valence-electron chi connectivity index (χ0n) is 17.5. The normalized spacial score (nSPS) is 17.9. The molecule has 1 unspecified atom stereocenters. The number of fused-ring (bicyclic) bond motifs is 9. The first-order valence-corrected chi connectivity index (χ1v) is 10.6. The van der Waals surface area contributed by atoms with Crippen molar-refractivity contribution in [3.63, 3.8) is 0 Å².